The van der Waals surface area contributed by atoms with Gasteiger partial charge in [-0.3, -0.25) is 24.5 Å². The van der Waals surface area contributed by atoms with Gasteiger partial charge in [0.05, 0.1) is 17.1 Å². The van der Waals surface area contributed by atoms with E-state index in [0.29, 0.717) is 5.69 Å². The van der Waals surface area contributed by atoms with Crippen LogP contribution in [0.2, 0.25) is 0 Å². The highest BCUT2D eigenvalue weighted by Gasteiger charge is 2.36. The number of non-ortho nitro benzene ring substituents is 1. The van der Waals surface area contributed by atoms with Gasteiger partial charge in [0.2, 0.25) is 11.7 Å². The number of hydrogen-bond acceptors (Lipinski definition) is 9. The molecule has 2 heterocycles. The van der Waals surface area contributed by atoms with Crippen LogP contribution < -0.4 is 9.64 Å². The quantitative estimate of drug-likeness (QED) is 0.0931. The van der Waals surface area contributed by atoms with E-state index in [1.807, 2.05) is 0 Å². The average molecular weight is 555 g/mol. The van der Waals surface area contributed by atoms with E-state index in [0.717, 1.165) is 11.1 Å². The molecule has 1 aliphatic heterocycles. The summed E-state index contributed by atoms with van der Waals surface area (Å²) in [6.45, 7) is -0.391. The molecule has 206 valence electrons. The van der Waals surface area contributed by atoms with E-state index in [-0.39, 0.29) is 41.6 Å². The number of amides is 1. The lowest BCUT2D eigenvalue weighted by atomic mass is 10.0. The summed E-state index contributed by atoms with van der Waals surface area (Å²) in [5, 5.41) is 10.9. The minimum absolute atomic E-state index is 0.00472. The number of carbonyl (C=O) groups is 4. The SMILES string of the molecule is O=C(COC(=O)[C@H]1CC(=O)N(c2ccc(-c3ccc([N+](=O)[O-])cc3)cc2)C1)c1ccc(OC(=O)c2ccco2)cc1. The van der Waals surface area contributed by atoms with Gasteiger partial charge >= 0.3 is 11.9 Å². The summed E-state index contributed by atoms with van der Waals surface area (Å²) < 4.78 is 15.4. The van der Waals surface area contributed by atoms with Gasteiger partial charge in [0, 0.05) is 36.3 Å². The van der Waals surface area contributed by atoms with Crippen LogP contribution in [0.5, 0.6) is 5.75 Å². The largest absolute Gasteiger partial charge is 0.457 e. The predicted molar refractivity (Wildman–Crippen MR) is 144 cm³/mol. The van der Waals surface area contributed by atoms with Crippen molar-refractivity contribution in [1.29, 1.82) is 0 Å². The second-order valence-electron chi connectivity index (χ2n) is 9.18. The number of esters is 2. The molecule has 0 saturated carbocycles. The summed E-state index contributed by atoms with van der Waals surface area (Å²) >= 11 is 0. The number of carbonyl (C=O) groups excluding carboxylic acids is 4. The van der Waals surface area contributed by atoms with Gasteiger partial charge in [-0.1, -0.05) is 12.1 Å². The van der Waals surface area contributed by atoms with Crippen LogP contribution in [-0.4, -0.2) is 41.7 Å². The number of benzene rings is 3. The number of furan rings is 1. The first-order valence-corrected chi connectivity index (χ1v) is 12.5. The van der Waals surface area contributed by atoms with Crippen LogP contribution in [0.1, 0.15) is 27.3 Å². The van der Waals surface area contributed by atoms with E-state index in [1.54, 1.807) is 42.5 Å². The van der Waals surface area contributed by atoms with Crippen LogP contribution in [0.4, 0.5) is 11.4 Å². The molecule has 0 N–H and O–H groups in total. The number of ether oxygens (including phenoxy) is 2. The van der Waals surface area contributed by atoms with Gasteiger partial charge in [-0.15, -0.1) is 0 Å². The van der Waals surface area contributed by atoms with Crippen molar-refractivity contribution in [3.05, 3.63) is 113 Å². The topological polar surface area (TPSA) is 146 Å². The van der Waals surface area contributed by atoms with E-state index in [9.17, 15) is 29.3 Å². The van der Waals surface area contributed by atoms with E-state index in [4.69, 9.17) is 13.9 Å². The number of hydrogen-bond donors (Lipinski definition) is 0. The molecule has 1 atom stereocenters. The van der Waals surface area contributed by atoms with Gasteiger partial charge < -0.3 is 18.8 Å². The highest BCUT2D eigenvalue weighted by Crippen LogP contribution is 2.29. The standard InChI is InChI=1S/C30H22N2O9/c33-26(21-7-13-25(14-8-21)41-30(36)27-2-1-15-39-27)18-40-29(35)22-16-28(34)31(17-22)23-9-3-19(4-10-23)20-5-11-24(12-6-20)32(37)38/h1-15,22H,16-18H2/t22-/m0/s1. The molecule has 1 aliphatic rings. The maximum absolute atomic E-state index is 12.6. The number of nitro groups is 1. The maximum atomic E-state index is 12.6. The molecule has 4 aromatic rings. The lowest BCUT2D eigenvalue weighted by Gasteiger charge is -2.17. The lowest BCUT2D eigenvalue weighted by molar-refractivity contribution is -0.384. The van der Waals surface area contributed by atoms with Crippen molar-refractivity contribution in [2.24, 2.45) is 5.92 Å². The van der Waals surface area contributed by atoms with E-state index >= 15 is 0 Å². The first kappa shape index (κ1) is 27.0. The second kappa shape index (κ2) is 11.7. The van der Waals surface area contributed by atoms with Crippen LogP contribution in [-0.2, 0) is 14.3 Å². The zero-order valence-electron chi connectivity index (χ0n) is 21.4. The van der Waals surface area contributed by atoms with E-state index < -0.39 is 35.2 Å². The lowest BCUT2D eigenvalue weighted by Crippen LogP contribution is -2.27. The molecule has 1 aromatic heterocycles. The number of ketones is 1. The van der Waals surface area contributed by atoms with Crippen molar-refractivity contribution in [3.8, 4) is 16.9 Å². The minimum atomic E-state index is -0.729. The molecule has 3 aromatic carbocycles. The highest BCUT2D eigenvalue weighted by atomic mass is 16.6. The maximum Gasteiger partial charge on any atom is 0.379 e. The van der Waals surface area contributed by atoms with Crippen molar-refractivity contribution >= 4 is 35.0 Å². The summed E-state index contributed by atoms with van der Waals surface area (Å²) in [6, 6.07) is 22.0. The second-order valence-corrected chi connectivity index (χ2v) is 9.18. The third kappa shape index (κ3) is 6.19. The van der Waals surface area contributed by atoms with Crippen molar-refractivity contribution < 1.29 is 38.0 Å². The third-order valence-electron chi connectivity index (χ3n) is 6.50. The number of anilines is 1. The molecule has 0 bridgehead atoms. The summed E-state index contributed by atoms with van der Waals surface area (Å²) in [5.74, 6) is -2.51. The first-order valence-electron chi connectivity index (χ1n) is 12.5. The Morgan fingerprint density at radius 3 is 2.20 bits per heavy atom. The Morgan fingerprint density at radius 2 is 1.59 bits per heavy atom. The predicted octanol–water partition coefficient (Wildman–Crippen LogP) is 4.85. The molecule has 0 unspecified atom stereocenters. The smallest absolute Gasteiger partial charge is 0.379 e. The van der Waals surface area contributed by atoms with Crippen LogP contribution in [0, 0.1) is 16.0 Å². The van der Waals surface area contributed by atoms with Gasteiger partial charge in [0.15, 0.2) is 12.4 Å². The fourth-order valence-corrected chi connectivity index (χ4v) is 4.32. The molecule has 5 rings (SSSR count). The number of Topliss-reactive ketones (excluding diaryl/α,β-unsaturated/α-hetero) is 1. The molecular weight excluding hydrogens is 532 g/mol. The first-order chi connectivity index (χ1) is 19.8. The Balaban J connectivity index is 1.13. The van der Waals surface area contributed by atoms with Crippen molar-refractivity contribution in [2.45, 2.75) is 6.42 Å². The summed E-state index contributed by atoms with van der Waals surface area (Å²) in [7, 11) is 0. The zero-order chi connectivity index (χ0) is 28.9. The zero-order valence-corrected chi connectivity index (χ0v) is 21.4. The normalized spacial score (nSPS) is 14.5. The molecule has 0 radical (unpaired) electrons. The molecule has 0 spiro atoms. The Kier molecular flexibility index (Phi) is 7.68. The number of rotatable bonds is 9. The molecular formula is C30H22N2O9. The third-order valence-corrected chi connectivity index (χ3v) is 6.50. The van der Waals surface area contributed by atoms with Crippen LogP contribution in [0.15, 0.2) is 95.6 Å². The molecule has 1 saturated heterocycles. The Hall–Kier alpha value is -5.58. The van der Waals surface area contributed by atoms with Crippen molar-refractivity contribution in [1.82, 2.24) is 0 Å². The molecule has 0 aliphatic carbocycles. The number of nitro benzene ring substituents is 1. The average Bonchev–Trinajstić information content (AvgIpc) is 3.67. The summed E-state index contributed by atoms with van der Waals surface area (Å²) in [5.41, 5.74) is 2.45. The van der Waals surface area contributed by atoms with Crippen LogP contribution in [0.3, 0.4) is 0 Å². The van der Waals surface area contributed by atoms with Gasteiger partial charge in [-0.25, -0.2) is 4.79 Å². The molecule has 11 heteroatoms. The molecule has 1 fully saturated rings. The molecule has 11 nitrogen and oxygen atoms in total. The summed E-state index contributed by atoms with van der Waals surface area (Å²) in [4.78, 5) is 61.6. The highest BCUT2D eigenvalue weighted by molar-refractivity contribution is 6.01. The summed E-state index contributed by atoms with van der Waals surface area (Å²) in [6.07, 6.45) is 1.30. The number of nitrogens with zero attached hydrogens (tertiary/aromatic N) is 2. The van der Waals surface area contributed by atoms with Gasteiger partial charge in [0.25, 0.3) is 5.69 Å². The minimum Gasteiger partial charge on any atom is -0.457 e. The van der Waals surface area contributed by atoms with Gasteiger partial charge in [-0.2, -0.15) is 0 Å². The fourth-order valence-electron chi connectivity index (χ4n) is 4.32. The monoisotopic (exact) mass is 554 g/mol. The molecule has 41 heavy (non-hydrogen) atoms. The Bertz CT molecular complexity index is 1590. The Labute approximate surface area is 233 Å². The fraction of sp³-hybridized carbons (Fsp3) is 0.133. The molecule has 1 amide bonds. The Morgan fingerprint density at radius 1 is 0.927 bits per heavy atom. The van der Waals surface area contributed by atoms with Gasteiger partial charge in [0.1, 0.15) is 5.75 Å². The van der Waals surface area contributed by atoms with Crippen molar-refractivity contribution in [2.75, 3.05) is 18.1 Å². The van der Waals surface area contributed by atoms with Gasteiger partial charge in [-0.05, 0) is 71.8 Å². The van der Waals surface area contributed by atoms with E-state index in [1.165, 1.54) is 53.6 Å². The van der Waals surface area contributed by atoms with Crippen molar-refractivity contribution in [3.63, 3.8) is 0 Å². The van der Waals surface area contributed by atoms with E-state index in [2.05, 4.69) is 0 Å². The van der Waals surface area contributed by atoms with Crippen LogP contribution >= 0.6 is 0 Å². The van der Waals surface area contributed by atoms with Crippen LogP contribution in [0.25, 0.3) is 11.1 Å².